The lowest BCUT2D eigenvalue weighted by Crippen LogP contribution is -2.17. The van der Waals surface area contributed by atoms with E-state index in [1.807, 2.05) is 37.3 Å². The summed E-state index contributed by atoms with van der Waals surface area (Å²) in [6.07, 6.45) is 3.67. The summed E-state index contributed by atoms with van der Waals surface area (Å²) in [4.78, 5) is 0. The standard InChI is InChI=1S/C15H20N2O/c1-11-5-3-7-14(15(11)16)17-12(2)8-9-13-6-4-10-18-13/h3-7,10,12,17H,8-9,16H2,1-2H3. The van der Waals surface area contributed by atoms with Gasteiger partial charge in [0.1, 0.15) is 5.76 Å². The maximum absolute atomic E-state index is 6.04. The second-order valence-electron chi connectivity index (χ2n) is 4.70. The van der Waals surface area contributed by atoms with Crippen LogP contribution in [0.15, 0.2) is 41.0 Å². The second-order valence-corrected chi connectivity index (χ2v) is 4.70. The molecule has 0 aliphatic carbocycles. The van der Waals surface area contributed by atoms with Crippen LogP contribution in [0.5, 0.6) is 0 Å². The van der Waals surface area contributed by atoms with Gasteiger partial charge >= 0.3 is 0 Å². The Hall–Kier alpha value is -1.90. The quantitative estimate of drug-likeness (QED) is 0.790. The molecule has 0 radical (unpaired) electrons. The van der Waals surface area contributed by atoms with Crippen LogP contribution < -0.4 is 11.1 Å². The molecule has 1 aromatic carbocycles. The van der Waals surface area contributed by atoms with E-state index in [4.69, 9.17) is 10.2 Å². The number of hydrogen-bond acceptors (Lipinski definition) is 3. The molecule has 1 heterocycles. The van der Waals surface area contributed by atoms with E-state index in [0.717, 1.165) is 35.5 Å². The van der Waals surface area contributed by atoms with Gasteiger partial charge in [0.25, 0.3) is 0 Å². The highest BCUT2D eigenvalue weighted by molar-refractivity contribution is 5.69. The molecule has 1 aromatic heterocycles. The third-order valence-electron chi connectivity index (χ3n) is 3.13. The Bertz CT molecular complexity index is 491. The minimum Gasteiger partial charge on any atom is -0.469 e. The number of rotatable bonds is 5. The van der Waals surface area contributed by atoms with Gasteiger partial charge in [-0.3, -0.25) is 0 Å². The summed E-state index contributed by atoms with van der Waals surface area (Å²) in [5.41, 5.74) is 9.00. The minimum atomic E-state index is 0.360. The maximum Gasteiger partial charge on any atom is 0.103 e. The smallest absolute Gasteiger partial charge is 0.103 e. The Kier molecular flexibility index (Phi) is 3.92. The lowest BCUT2D eigenvalue weighted by atomic mass is 10.1. The molecule has 0 saturated carbocycles. The first kappa shape index (κ1) is 12.6. The number of hydrogen-bond donors (Lipinski definition) is 2. The first-order valence-corrected chi connectivity index (χ1v) is 6.31. The van der Waals surface area contributed by atoms with E-state index < -0.39 is 0 Å². The summed E-state index contributed by atoms with van der Waals surface area (Å²) in [7, 11) is 0. The molecule has 0 bridgehead atoms. The molecule has 0 aliphatic heterocycles. The van der Waals surface area contributed by atoms with Crippen LogP contribution in [-0.4, -0.2) is 6.04 Å². The molecule has 0 saturated heterocycles. The number of furan rings is 1. The lowest BCUT2D eigenvalue weighted by molar-refractivity contribution is 0.495. The van der Waals surface area contributed by atoms with Crippen molar-refractivity contribution in [2.75, 3.05) is 11.1 Å². The van der Waals surface area contributed by atoms with Crippen molar-refractivity contribution in [3.05, 3.63) is 47.9 Å². The van der Waals surface area contributed by atoms with Crippen LogP contribution in [-0.2, 0) is 6.42 Å². The summed E-state index contributed by atoms with van der Waals surface area (Å²) in [5.74, 6) is 1.03. The molecule has 2 aromatic rings. The van der Waals surface area contributed by atoms with Crippen molar-refractivity contribution in [2.45, 2.75) is 32.7 Å². The first-order valence-electron chi connectivity index (χ1n) is 6.31. The topological polar surface area (TPSA) is 51.2 Å². The zero-order valence-electron chi connectivity index (χ0n) is 10.9. The second kappa shape index (κ2) is 5.63. The molecule has 1 atom stereocenters. The minimum absolute atomic E-state index is 0.360. The summed E-state index contributed by atoms with van der Waals surface area (Å²) >= 11 is 0. The van der Waals surface area contributed by atoms with Gasteiger partial charge in [0, 0.05) is 12.5 Å². The van der Waals surface area contributed by atoms with E-state index in [9.17, 15) is 0 Å². The van der Waals surface area contributed by atoms with Gasteiger partial charge < -0.3 is 15.5 Å². The maximum atomic E-state index is 6.04. The molecule has 0 amide bonds. The third kappa shape index (κ3) is 3.06. The monoisotopic (exact) mass is 244 g/mol. The first-order chi connectivity index (χ1) is 8.66. The van der Waals surface area contributed by atoms with E-state index in [0.29, 0.717) is 6.04 Å². The largest absolute Gasteiger partial charge is 0.469 e. The van der Waals surface area contributed by atoms with Crippen molar-refractivity contribution in [1.29, 1.82) is 0 Å². The highest BCUT2D eigenvalue weighted by atomic mass is 16.3. The molecular weight excluding hydrogens is 224 g/mol. The highest BCUT2D eigenvalue weighted by Crippen LogP contribution is 2.23. The van der Waals surface area contributed by atoms with Crippen LogP contribution in [0.2, 0.25) is 0 Å². The fourth-order valence-electron chi connectivity index (χ4n) is 1.96. The SMILES string of the molecule is Cc1cccc(NC(C)CCc2ccco2)c1N. The molecule has 96 valence electrons. The number of nitrogens with two attached hydrogens (primary N) is 1. The van der Waals surface area contributed by atoms with Gasteiger partial charge in [-0.15, -0.1) is 0 Å². The number of para-hydroxylation sites is 1. The Balaban J connectivity index is 1.90. The molecule has 0 fully saturated rings. The molecule has 2 rings (SSSR count). The van der Waals surface area contributed by atoms with Crippen LogP contribution in [0.25, 0.3) is 0 Å². The Morgan fingerprint density at radius 1 is 1.28 bits per heavy atom. The molecule has 3 nitrogen and oxygen atoms in total. The average molecular weight is 244 g/mol. The predicted molar refractivity (Wildman–Crippen MR) is 75.7 cm³/mol. The van der Waals surface area contributed by atoms with E-state index >= 15 is 0 Å². The Morgan fingerprint density at radius 2 is 2.11 bits per heavy atom. The van der Waals surface area contributed by atoms with Crippen molar-refractivity contribution in [3.63, 3.8) is 0 Å². The number of nitrogen functional groups attached to an aromatic ring is 1. The van der Waals surface area contributed by atoms with Crippen LogP contribution in [0.3, 0.4) is 0 Å². The normalized spacial score (nSPS) is 12.3. The van der Waals surface area contributed by atoms with Crippen molar-refractivity contribution >= 4 is 11.4 Å². The molecule has 18 heavy (non-hydrogen) atoms. The fourth-order valence-corrected chi connectivity index (χ4v) is 1.96. The van der Waals surface area contributed by atoms with Gasteiger partial charge in [0.15, 0.2) is 0 Å². The van der Waals surface area contributed by atoms with Crippen molar-refractivity contribution in [3.8, 4) is 0 Å². The number of anilines is 2. The van der Waals surface area contributed by atoms with E-state index in [1.54, 1.807) is 6.26 Å². The van der Waals surface area contributed by atoms with E-state index in [2.05, 4.69) is 12.2 Å². The number of benzene rings is 1. The number of nitrogens with one attached hydrogen (secondary N) is 1. The number of aryl methyl sites for hydroxylation is 2. The van der Waals surface area contributed by atoms with E-state index in [-0.39, 0.29) is 0 Å². The third-order valence-corrected chi connectivity index (χ3v) is 3.13. The molecule has 3 N–H and O–H groups in total. The van der Waals surface area contributed by atoms with Crippen molar-refractivity contribution in [2.24, 2.45) is 0 Å². The van der Waals surface area contributed by atoms with Crippen LogP contribution in [0.1, 0.15) is 24.7 Å². The van der Waals surface area contributed by atoms with Crippen LogP contribution in [0.4, 0.5) is 11.4 Å². The summed E-state index contributed by atoms with van der Waals surface area (Å²) in [5, 5.41) is 3.45. The molecule has 3 heteroatoms. The van der Waals surface area contributed by atoms with Crippen LogP contribution in [0, 0.1) is 6.92 Å². The zero-order valence-corrected chi connectivity index (χ0v) is 10.9. The van der Waals surface area contributed by atoms with Gasteiger partial charge in [-0.05, 0) is 44.0 Å². The zero-order chi connectivity index (χ0) is 13.0. The van der Waals surface area contributed by atoms with Gasteiger partial charge in [-0.2, -0.15) is 0 Å². The Morgan fingerprint density at radius 3 is 2.83 bits per heavy atom. The summed E-state index contributed by atoms with van der Waals surface area (Å²) < 4.78 is 5.32. The fraction of sp³-hybridized carbons (Fsp3) is 0.333. The highest BCUT2D eigenvalue weighted by Gasteiger charge is 2.07. The van der Waals surface area contributed by atoms with Gasteiger partial charge in [0.2, 0.25) is 0 Å². The van der Waals surface area contributed by atoms with Crippen LogP contribution >= 0.6 is 0 Å². The van der Waals surface area contributed by atoms with Crippen molar-refractivity contribution < 1.29 is 4.42 Å². The molecule has 1 unspecified atom stereocenters. The van der Waals surface area contributed by atoms with Gasteiger partial charge in [0.05, 0.1) is 17.6 Å². The summed E-state index contributed by atoms with van der Waals surface area (Å²) in [6, 6.07) is 10.4. The molecular formula is C15H20N2O. The van der Waals surface area contributed by atoms with Gasteiger partial charge in [-0.1, -0.05) is 12.1 Å². The Labute approximate surface area is 108 Å². The lowest BCUT2D eigenvalue weighted by Gasteiger charge is -2.17. The van der Waals surface area contributed by atoms with E-state index in [1.165, 1.54) is 0 Å². The van der Waals surface area contributed by atoms with Gasteiger partial charge in [-0.25, -0.2) is 0 Å². The molecule has 0 spiro atoms. The van der Waals surface area contributed by atoms with Crippen molar-refractivity contribution in [1.82, 2.24) is 0 Å². The average Bonchev–Trinajstić information content (AvgIpc) is 2.86. The predicted octanol–water partition coefficient (Wildman–Crippen LogP) is 3.60. The summed E-state index contributed by atoms with van der Waals surface area (Å²) in [6.45, 7) is 4.18. The molecule has 0 aliphatic rings.